The molecule has 0 spiro atoms. The molecule has 1 aromatic rings. The fourth-order valence-corrected chi connectivity index (χ4v) is 1.76. The summed E-state index contributed by atoms with van der Waals surface area (Å²) in [7, 11) is 0. The second kappa shape index (κ2) is 11.0. The highest BCUT2D eigenvalue weighted by Crippen LogP contribution is 2.24. The molecular formula is C15H24ClO5S-. The summed E-state index contributed by atoms with van der Waals surface area (Å²) in [5.74, 6) is 1.01. The van der Waals surface area contributed by atoms with E-state index >= 15 is 0 Å². The van der Waals surface area contributed by atoms with E-state index in [0.717, 1.165) is 5.75 Å². The monoisotopic (exact) mass is 351 g/mol. The Labute approximate surface area is 140 Å². The standard InChI is InChI=1S/C13H20O2.C2H5ClO3S/c1-10(14)9-15-12-7-5-11(6-8-12)13(2,3)4;3-1-2-6-7(4)5/h5-8,10,14H,9H2,1-4H3;1-2H2,(H,4,5)/p-1. The van der Waals surface area contributed by atoms with E-state index in [4.69, 9.17) is 21.4 Å². The Kier molecular flexibility index (Phi) is 10.6. The van der Waals surface area contributed by atoms with E-state index in [-0.39, 0.29) is 17.9 Å². The zero-order valence-corrected chi connectivity index (χ0v) is 14.9. The van der Waals surface area contributed by atoms with Crippen LogP contribution >= 0.6 is 11.6 Å². The van der Waals surface area contributed by atoms with Crippen LogP contribution in [-0.4, -0.2) is 39.1 Å². The first-order valence-electron chi connectivity index (χ1n) is 6.86. The van der Waals surface area contributed by atoms with Gasteiger partial charge in [0.25, 0.3) is 0 Å². The number of benzene rings is 1. The van der Waals surface area contributed by atoms with Gasteiger partial charge in [0.1, 0.15) is 12.4 Å². The minimum atomic E-state index is -2.40. The summed E-state index contributed by atoms with van der Waals surface area (Å²) in [5.41, 5.74) is 1.45. The van der Waals surface area contributed by atoms with Crippen LogP contribution in [0.2, 0.25) is 0 Å². The van der Waals surface area contributed by atoms with Crippen molar-refractivity contribution in [3.63, 3.8) is 0 Å². The molecule has 0 heterocycles. The summed E-state index contributed by atoms with van der Waals surface area (Å²) in [5, 5.41) is 9.07. The number of rotatable bonds is 6. The molecule has 0 aromatic heterocycles. The highest BCUT2D eigenvalue weighted by molar-refractivity contribution is 7.74. The molecule has 0 amide bonds. The maximum atomic E-state index is 9.48. The summed E-state index contributed by atoms with van der Waals surface area (Å²) in [4.78, 5) is 0. The van der Waals surface area contributed by atoms with Crippen molar-refractivity contribution in [2.45, 2.75) is 39.2 Å². The largest absolute Gasteiger partial charge is 0.750 e. The molecule has 0 fully saturated rings. The van der Waals surface area contributed by atoms with Crippen LogP contribution in [0.15, 0.2) is 24.3 Å². The van der Waals surface area contributed by atoms with Gasteiger partial charge < -0.3 is 14.4 Å². The third-order valence-corrected chi connectivity index (χ3v) is 2.98. The molecule has 0 aliphatic heterocycles. The number of hydrogen-bond acceptors (Lipinski definition) is 5. The number of ether oxygens (including phenoxy) is 1. The van der Waals surface area contributed by atoms with E-state index in [2.05, 4.69) is 37.1 Å². The van der Waals surface area contributed by atoms with Gasteiger partial charge in [-0.1, -0.05) is 32.9 Å². The number of hydrogen-bond donors (Lipinski definition) is 1. The third kappa shape index (κ3) is 11.0. The van der Waals surface area contributed by atoms with Crippen molar-refractivity contribution in [2.75, 3.05) is 19.1 Å². The maximum absolute atomic E-state index is 9.48. The average molecular weight is 352 g/mol. The van der Waals surface area contributed by atoms with Crippen LogP contribution in [0, 0.1) is 0 Å². The Morgan fingerprint density at radius 1 is 1.32 bits per heavy atom. The third-order valence-electron chi connectivity index (χ3n) is 2.47. The van der Waals surface area contributed by atoms with Crippen molar-refractivity contribution in [1.82, 2.24) is 0 Å². The Hall–Kier alpha value is -0.660. The van der Waals surface area contributed by atoms with Gasteiger partial charge in [-0.05, 0) is 30.0 Å². The Morgan fingerprint density at radius 2 is 1.86 bits per heavy atom. The minimum Gasteiger partial charge on any atom is -0.750 e. The molecule has 2 atom stereocenters. The van der Waals surface area contributed by atoms with Gasteiger partial charge in [-0.25, -0.2) is 4.21 Å². The number of alkyl halides is 1. The van der Waals surface area contributed by atoms with Crippen LogP contribution in [0.1, 0.15) is 33.3 Å². The highest BCUT2D eigenvalue weighted by atomic mass is 35.5. The highest BCUT2D eigenvalue weighted by Gasteiger charge is 2.12. The van der Waals surface area contributed by atoms with Gasteiger partial charge in [0, 0.05) is 5.88 Å². The molecule has 0 bridgehead atoms. The van der Waals surface area contributed by atoms with Gasteiger partial charge in [-0.2, -0.15) is 0 Å². The van der Waals surface area contributed by atoms with Crippen molar-refractivity contribution < 1.29 is 22.8 Å². The molecule has 0 aliphatic carbocycles. The van der Waals surface area contributed by atoms with Crippen LogP contribution in [0.4, 0.5) is 0 Å². The molecule has 1 rings (SSSR count). The predicted molar refractivity (Wildman–Crippen MR) is 87.9 cm³/mol. The SMILES string of the molecule is CC(O)COc1ccc(C(C)(C)C)cc1.O=S([O-])OCCCl. The van der Waals surface area contributed by atoms with E-state index < -0.39 is 17.5 Å². The fourth-order valence-electron chi connectivity index (χ4n) is 1.37. The molecule has 1 N–H and O–H groups in total. The number of halogens is 1. The quantitative estimate of drug-likeness (QED) is 0.629. The average Bonchev–Trinajstić information content (AvgIpc) is 2.43. The zero-order valence-electron chi connectivity index (χ0n) is 13.4. The maximum Gasteiger partial charge on any atom is 0.119 e. The lowest BCUT2D eigenvalue weighted by atomic mass is 9.87. The number of aliphatic hydroxyl groups excluding tert-OH is 1. The van der Waals surface area contributed by atoms with Gasteiger partial charge in [-0.15, -0.1) is 11.6 Å². The molecule has 0 radical (unpaired) electrons. The summed E-state index contributed by atoms with van der Waals surface area (Å²) < 4.78 is 28.3. The van der Waals surface area contributed by atoms with E-state index in [1.807, 2.05) is 12.1 Å². The fraction of sp³-hybridized carbons (Fsp3) is 0.600. The molecule has 128 valence electrons. The van der Waals surface area contributed by atoms with E-state index in [9.17, 15) is 8.76 Å². The summed E-state index contributed by atoms with van der Waals surface area (Å²) in [6.45, 7) is 8.64. The van der Waals surface area contributed by atoms with Gasteiger partial charge in [0.15, 0.2) is 0 Å². The molecule has 5 nitrogen and oxygen atoms in total. The smallest absolute Gasteiger partial charge is 0.119 e. The van der Waals surface area contributed by atoms with Crippen molar-refractivity contribution in [3.8, 4) is 5.75 Å². The second-order valence-electron chi connectivity index (χ2n) is 5.65. The molecular weight excluding hydrogens is 328 g/mol. The van der Waals surface area contributed by atoms with Crippen LogP contribution in [-0.2, 0) is 21.0 Å². The number of aliphatic hydroxyl groups is 1. The van der Waals surface area contributed by atoms with Crippen molar-refractivity contribution in [3.05, 3.63) is 29.8 Å². The van der Waals surface area contributed by atoms with Crippen molar-refractivity contribution in [1.29, 1.82) is 0 Å². The normalized spacial score (nSPS) is 13.8. The second-order valence-corrected chi connectivity index (χ2v) is 6.67. The molecule has 2 unspecified atom stereocenters. The molecule has 1 aromatic carbocycles. The van der Waals surface area contributed by atoms with Gasteiger partial charge >= 0.3 is 0 Å². The van der Waals surface area contributed by atoms with Crippen LogP contribution in [0.25, 0.3) is 0 Å². The van der Waals surface area contributed by atoms with E-state index in [1.165, 1.54) is 5.56 Å². The summed E-state index contributed by atoms with van der Waals surface area (Å²) in [6, 6.07) is 8.03. The first-order chi connectivity index (χ1) is 10.2. The first-order valence-corrected chi connectivity index (χ1v) is 8.40. The molecule has 7 heteroatoms. The van der Waals surface area contributed by atoms with Crippen molar-refractivity contribution in [2.24, 2.45) is 0 Å². The molecule has 0 saturated heterocycles. The first kappa shape index (κ1) is 21.3. The Balaban J connectivity index is 0.000000534. The van der Waals surface area contributed by atoms with Gasteiger partial charge in [0.05, 0.1) is 24.1 Å². The van der Waals surface area contributed by atoms with E-state index in [0.29, 0.717) is 6.61 Å². The van der Waals surface area contributed by atoms with Crippen LogP contribution < -0.4 is 4.74 Å². The van der Waals surface area contributed by atoms with Crippen molar-refractivity contribution >= 4 is 23.0 Å². The summed E-state index contributed by atoms with van der Waals surface area (Å²) in [6.07, 6.45) is -0.424. The van der Waals surface area contributed by atoms with Gasteiger partial charge in [0.2, 0.25) is 0 Å². The Morgan fingerprint density at radius 3 is 2.18 bits per heavy atom. The lowest BCUT2D eigenvalue weighted by molar-refractivity contribution is 0.122. The van der Waals surface area contributed by atoms with E-state index in [1.54, 1.807) is 6.92 Å². The Bertz CT molecular complexity index is 429. The topological polar surface area (TPSA) is 78.8 Å². The molecule has 22 heavy (non-hydrogen) atoms. The molecule has 0 aliphatic rings. The lowest BCUT2D eigenvalue weighted by Crippen LogP contribution is -2.13. The summed E-state index contributed by atoms with van der Waals surface area (Å²) >= 11 is 2.65. The minimum absolute atomic E-state index is 0.0532. The van der Waals surface area contributed by atoms with Crippen LogP contribution in [0.3, 0.4) is 0 Å². The lowest BCUT2D eigenvalue weighted by Gasteiger charge is -2.19. The molecule has 0 saturated carbocycles. The predicted octanol–water partition coefficient (Wildman–Crippen LogP) is 2.78. The van der Waals surface area contributed by atoms with Crippen LogP contribution in [0.5, 0.6) is 5.75 Å². The van der Waals surface area contributed by atoms with Gasteiger partial charge in [-0.3, -0.25) is 4.18 Å². The zero-order chi connectivity index (χ0) is 17.2.